The summed E-state index contributed by atoms with van der Waals surface area (Å²) in [5, 5.41) is 12.0. The molecule has 5 heteroatoms. The van der Waals surface area contributed by atoms with Gasteiger partial charge in [0.05, 0.1) is 0 Å². The van der Waals surface area contributed by atoms with Crippen molar-refractivity contribution in [3.63, 3.8) is 0 Å². The topological polar surface area (TPSA) is 69.6 Å². The molecular formula is C13H22N2O3. The Hall–Kier alpha value is -1.26. The number of hydrogen-bond donors (Lipinski definition) is 2. The Labute approximate surface area is 108 Å². The number of aliphatic carboxylic acids is 1. The third-order valence-electron chi connectivity index (χ3n) is 4.28. The number of piperidine rings is 1. The summed E-state index contributed by atoms with van der Waals surface area (Å²) < 4.78 is 0. The molecular weight excluding hydrogens is 232 g/mol. The number of carboxylic acid groups (broad SMARTS) is 1. The van der Waals surface area contributed by atoms with Crippen LogP contribution in [0.3, 0.4) is 0 Å². The second-order valence-electron chi connectivity index (χ2n) is 5.87. The fraction of sp³-hybridized carbons (Fsp3) is 0.846. The monoisotopic (exact) mass is 254 g/mol. The van der Waals surface area contributed by atoms with E-state index in [0.29, 0.717) is 19.5 Å². The molecule has 2 fully saturated rings. The standard InChI is InChI=1S/C13H22N2O3/c1-13(6-4-7-13)9-14-12(18)15-8-3-2-5-10(15)11(16)17/h10H,2-9H2,1H3,(H,14,18)(H,16,17). The quantitative estimate of drug-likeness (QED) is 0.807. The first-order valence-corrected chi connectivity index (χ1v) is 6.79. The Balaban J connectivity index is 1.87. The van der Waals surface area contributed by atoms with E-state index in [1.165, 1.54) is 11.3 Å². The van der Waals surface area contributed by atoms with E-state index in [-0.39, 0.29) is 11.4 Å². The van der Waals surface area contributed by atoms with E-state index in [9.17, 15) is 9.59 Å². The van der Waals surface area contributed by atoms with Gasteiger partial charge in [0.1, 0.15) is 6.04 Å². The molecule has 1 atom stereocenters. The third kappa shape index (κ3) is 2.76. The number of carbonyl (C=O) groups excluding carboxylic acids is 1. The normalized spacial score (nSPS) is 26.3. The van der Waals surface area contributed by atoms with E-state index < -0.39 is 12.0 Å². The maximum absolute atomic E-state index is 12.1. The van der Waals surface area contributed by atoms with E-state index in [4.69, 9.17) is 5.11 Å². The van der Waals surface area contributed by atoms with Gasteiger partial charge in [-0.3, -0.25) is 0 Å². The molecule has 2 rings (SSSR count). The van der Waals surface area contributed by atoms with Crippen LogP contribution in [-0.2, 0) is 4.79 Å². The average molecular weight is 254 g/mol. The average Bonchev–Trinajstić information content (AvgIpc) is 2.33. The van der Waals surface area contributed by atoms with E-state index in [2.05, 4.69) is 12.2 Å². The molecule has 102 valence electrons. The van der Waals surface area contributed by atoms with Gasteiger partial charge in [0.15, 0.2) is 0 Å². The van der Waals surface area contributed by atoms with Crippen molar-refractivity contribution in [2.24, 2.45) is 5.41 Å². The second-order valence-corrected chi connectivity index (χ2v) is 5.87. The van der Waals surface area contributed by atoms with Crippen LogP contribution < -0.4 is 5.32 Å². The predicted molar refractivity (Wildman–Crippen MR) is 67.3 cm³/mol. The van der Waals surface area contributed by atoms with Gasteiger partial charge in [0.25, 0.3) is 0 Å². The first kappa shape index (κ1) is 13.2. The molecule has 0 aromatic rings. The zero-order chi connectivity index (χ0) is 13.2. The minimum atomic E-state index is -0.889. The molecule has 1 unspecified atom stereocenters. The molecule has 1 saturated heterocycles. The summed E-state index contributed by atoms with van der Waals surface area (Å²) in [5.74, 6) is -0.889. The maximum Gasteiger partial charge on any atom is 0.326 e. The first-order chi connectivity index (χ1) is 8.52. The highest BCUT2D eigenvalue weighted by molar-refractivity contribution is 5.82. The highest BCUT2D eigenvalue weighted by atomic mass is 16.4. The van der Waals surface area contributed by atoms with E-state index in [1.54, 1.807) is 0 Å². The first-order valence-electron chi connectivity index (χ1n) is 6.79. The van der Waals surface area contributed by atoms with Gasteiger partial charge in [0.2, 0.25) is 0 Å². The number of nitrogens with zero attached hydrogens (tertiary/aromatic N) is 1. The molecule has 2 aliphatic rings. The van der Waals surface area contributed by atoms with Gasteiger partial charge in [-0.1, -0.05) is 13.3 Å². The number of rotatable bonds is 3. The lowest BCUT2D eigenvalue weighted by Gasteiger charge is -2.40. The summed E-state index contributed by atoms with van der Waals surface area (Å²) in [4.78, 5) is 24.6. The van der Waals surface area contributed by atoms with Gasteiger partial charge < -0.3 is 15.3 Å². The van der Waals surface area contributed by atoms with Crippen LogP contribution in [0.5, 0.6) is 0 Å². The van der Waals surface area contributed by atoms with Gasteiger partial charge in [-0.05, 0) is 37.5 Å². The van der Waals surface area contributed by atoms with Gasteiger partial charge >= 0.3 is 12.0 Å². The third-order valence-corrected chi connectivity index (χ3v) is 4.28. The van der Waals surface area contributed by atoms with Crippen LogP contribution in [0.1, 0.15) is 45.4 Å². The lowest BCUT2D eigenvalue weighted by Crippen LogP contribution is -2.53. The van der Waals surface area contributed by atoms with E-state index in [0.717, 1.165) is 25.7 Å². The van der Waals surface area contributed by atoms with Crippen LogP contribution in [0.4, 0.5) is 4.79 Å². The van der Waals surface area contributed by atoms with Gasteiger partial charge in [-0.2, -0.15) is 0 Å². The Morgan fingerprint density at radius 2 is 2.06 bits per heavy atom. The van der Waals surface area contributed by atoms with Crippen molar-refractivity contribution in [2.75, 3.05) is 13.1 Å². The minimum Gasteiger partial charge on any atom is -0.480 e. The lowest BCUT2D eigenvalue weighted by atomic mass is 9.70. The van der Waals surface area contributed by atoms with Crippen molar-refractivity contribution >= 4 is 12.0 Å². The number of carboxylic acids is 1. The van der Waals surface area contributed by atoms with E-state index >= 15 is 0 Å². The number of carbonyl (C=O) groups is 2. The molecule has 2 N–H and O–H groups in total. The number of amides is 2. The molecule has 0 radical (unpaired) electrons. The van der Waals surface area contributed by atoms with Crippen LogP contribution in [0.15, 0.2) is 0 Å². The largest absolute Gasteiger partial charge is 0.480 e. The Morgan fingerprint density at radius 3 is 2.61 bits per heavy atom. The van der Waals surface area contributed by atoms with Crippen LogP contribution >= 0.6 is 0 Å². The summed E-state index contributed by atoms with van der Waals surface area (Å²) in [6.45, 7) is 3.38. The summed E-state index contributed by atoms with van der Waals surface area (Å²) in [7, 11) is 0. The lowest BCUT2D eigenvalue weighted by molar-refractivity contribution is -0.143. The molecule has 0 spiro atoms. The van der Waals surface area contributed by atoms with Crippen LogP contribution in [-0.4, -0.2) is 41.1 Å². The molecule has 1 aliphatic carbocycles. The summed E-state index contributed by atoms with van der Waals surface area (Å²) in [6.07, 6.45) is 5.88. The number of hydrogen-bond acceptors (Lipinski definition) is 2. The van der Waals surface area contributed by atoms with Crippen molar-refractivity contribution in [1.82, 2.24) is 10.2 Å². The molecule has 1 saturated carbocycles. The minimum absolute atomic E-state index is 0.213. The van der Waals surface area contributed by atoms with Gasteiger partial charge in [0, 0.05) is 13.1 Å². The molecule has 0 bridgehead atoms. The fourth-order valence-electron chi connectivity index (χ4n) is 2.78. The Kier molecular flexibility index (Phi) is 3.78. The Morgan fingerprint density at radius 1 is 1.33 bits per heavy atom. The fourth-order valence-corrected chi connectivity index (χ4v) is 2.78. The number of nitrogens with one attached hydrogen (secondary N) is 1. The van der Waals surface area contributed by atoms with Gasteiger partial charge in [-0.25, -0.2) is 9.59 Å². The molecule has 5 nitrogen and oxygen atoms in total. The highest BCUT2D eigenvalue weighted by Crippen LogP contribution is 2.39. The predicted octanol–water partition coefficient (Wildman–Crippen LogP) is 1.83. The molecule has 1 heterocycles. The zero-order valence-corrected chi connectivity index (χ0v) is 10.9. The van der Waals surface area contributed by atoms with Crippen LogP contribution in [0.2, 0.25) is 0 Å². The molecule has 18 heavy (non-hydrogen) atoms. The van der Waals surface area contributed by atoms with Crippen LogP contribution in [0, 0.1) is 5.41 Å². The molecule has 0 aromatic heterocycles. The molecule has 0 aromatic carbocycles. The summed E-state index contributed by atoms with van der Waals surface area (Å²) in [6, 6.07) is -0.858. The van der Waals surface area contributed by atoms with E-state index in [1.807, 2.05) is 0 Å². The van der Waals surface area contributed by atoms with Gasteiger partial charge in [-0.15, -0.1) is 0 Å². The smallest absolute Gasteiger partial charge is 0.326 e. The molecule has 1 aliphatic heterocycles. The number of urea groups is 1. The Bertz CT molecular complexity index is 339. The maximum atomic E-state index is 12.1. The number of likely N-dealkylation sites (tertiary alicyclic amines) is 1. The molecule has 2 amide bonds. The van der Waals surface area contributed by atoms with Crippen molar-refractivity contribution in [2.45, 2.75) is 51.5 Å². The highest BCUT2D eigenvalue weighted by Gasteiger charge is 2.35. The summed E-state index contributed by atoms with van der Waals surface area (Å²) >= 11 is 0. The second kappa shape index (κ2) is 5.16. The van der Waals surface area contributed by atoms with Crippen molar-refractivity contribution in [1.29, 1.82) is 0 Å². The SMILES string of the molecule is CC1(CNC(=O)N2CCCCC2C(=O)O)CCC1. The summed E-state index contributed by atoms with van der Waals surface area (Å²) in [5.41, 5.74) is 0.226. The van der Waals surface area contributed by atoms with Crippen LogP contribution in [0.25, 0.3) is 0 Å². The van der Waals surface area contributed by atoms with Crippen molar-refractivity contribution in [3.8, 4) is 0 Å². The zero-order valence-electron chi connectivity index (χ0n) is 10.9. The van der Waals surface area contributed by atoms with Crippen molar-refractivity contribution < 1.29 is 14.7 Å². The van der Waals surface area contributed by atoms with Crippen molar-refractivity contribution in [3.05, 3.63) is 0 Å².